The zero-order chi connectivity index (χ0) is 22.9. The van der Waals surface area contributed by atoms with Crippen molar-refractivity contribution in [3.8, 4) is 0 Å². The van der Waals surface area contributed by atoms with Gasteiger partial charge in [0, 0.05) is 12.5 Å². The van der Waals surface area contributed by atoms with Crippen molar-refractivity contribution in [1.82, 2.24) is 10.2 Å². The predicted molar refractivity (Wildman–Crippen MR) is 120 cm³/mol. The van der Waals surface area contributed by atoms with Crippen LogP contribution >= 0.6 is 0 Å². The summed E-state index contributed by atoms with van der Waals surface area (Å²) in [6.45, 7) is 3.07. The number of urea groups is 1. The van der Waals surface area contributed by atoms with E-state index in [1.807, 2.05) is 30.3 Å². The van der Waals surface area contributed by atoms with E-state index in [1.165, 1.54) is 4.90 Å². The van der Waals surface area contributed by atoms with Gasteiger partial charge in [-0.15, -0.1) is 0 Å². The van der Waals surface area contributed by atoms with Crippen LogP contribution in [0.5, 0.6) is 0 Å². The Balaban J connectivity index is 1.51. The van der Waals surface area contributed by atoms with Crippen LogP contribution in [0.15, 0.2) is 54.6 Å². The van der Waals surface area contributed by atoms with Crippen LogP contribution in [0, 0.1) is 0 Å². The fourth-order valence-electron chi connectivity index (χ4n) is 4.28. The van der Waals surface area contributed by atoms with Crippen molar-refractivity contribution in [3.63, 3.8) is 0 Å². The number of rotatable bonds is 5. The molecule has 2 unspecified atom stereocenters. The van der Waals surface area contributed by atoms with E-state index in [0.29, 0.717) is 24.2 Å². The monoisotopic (exact) mass is 434 g/mol. The van der Waals surface area contributed by atoms with Gasteiger partial charge in [-0.25, -0.2) is 4.79 Å². The first-order valence-electron chi connectivity index (χ1n) is 10.7. The van der Waals surface area contributed by atoms with Crippen molar-refractivity contribution in [2.45, 2.75) is 44.7 Å². The van der Waals surface area contributed by atoms with Crippen LogP contribution in [0.1, 0.15) is 32.3 Å². The van der Waals surface area contributed by atoms with Crippen LogP contribution in [-0.2, 0) is 20.8 Å². The van der Waals surface area contributed by atoms with Crippen LogP contribution in [0.4, 0.5) is 16.2 Å². The van der Waals surface area contributed by atoms with Gasteiger partial charge >= 0.3 is 6.03 Å². The number of fused-ring (bicyclic) bond motifs is 1. The zero-order valence-electron chi connectivity index (χ0n) is 18.1. The lowest BCUT2D eigenvalue weighted by atomic mass is 9.93. The molecular weight excluding hydrogens is 408 g/mol. The van der Waals surface area contributed by atoms with Crippen molar-refractivity contribution < 1.29 is 19.2 Å². The third-order valence-corrected chi connectivity index (χ3v) is 6.02. The van der Waals surface area contributed by atoms with Gasteiger partial charge in [0.1, 0.15) is 12.1 Å². The van der Waals surface area contributed by atoms with Gasteiger partial charge in [-0.2, -0.15) is 0 Å². The fourth-order valence-corrected chi connectivity index (χ4v) is 4.28. The Bertz CT molecular complexity index is 1070. The molecule has 2 atom stereocenters. The van der Waals surface area contributed by atoms with Crippen molar-refractivity contribution in [3.05, 3.63) is 60.2 Å². The van der Waals surface area contributed by atoms with Crippen LogP contribution in [0.2, 0.25) is 0 Å². The van der Waals surface area contributed by atoms with E-state index >= 15 is 0 Å². The molecule has 2 aliphatic rings. The average molecular weight is 434 g/mol. The number of carbonyl (C=O) groups excluding carboxylic acids is 4. The normalized spacial score (nSPS) is 22.8. The smallest absolute Gasteiger partial charge is 0.324 e. The topological polar surface area (TPSA) is 98.8 Å². The molecule has 8 nitrogen and oxygen atoms in total. The number of para-hydroxylation sites is 2. The summed E-state index contributed by atoms with van der Waals surface area (Å²) in [6.07, 6.45) is 1.17. The summed E-state index contributed by atoms with van der Waals surface area (Å²) in [5.41, 5.74) is 1.07. The molecular formula is C24H26N4O4. The minimum absolute atomic E-state index is 0.120. The molecule has 0 bridgehead atoms. The molecule has 2 aliphatic heterocycles. The number of nitrogens with one attached hydrogen (secondary N) is 2. The van der Waals surface area contributed by atoms with Gasteiger partial charge < -0.3 is 15.5 Å². The third kappa shape index (κ3) is 4.08. The molecule has 0 spiro atoms. The lowest BCUT2D eigenvalue weighted by Gasteiger charge is -2.29. The lowest BCUT2D eigenvalue weighted by Crippen LogP contribution is -2.48. The highest BCUT2D eigenvalue weighted by atomic mass is 16.2. The Morgan fingerprint density at radius 1 is 1.06 bits per heavy atom. The molecule has 2 aromatic carbocycles. The third-order valence-electron chi connectivity index (χ3n) is 6.02. The van der Waals surface area contributed by atoms with E-state index in [-0.39, 0.29) is 12.3 Å². The van der Waals surface area contributed by atoms with Gasteiger partial charge in [0.15, 0.2) is 0 Å². The molecule has 0 aliphatic carbocycles. The van der Waals surface area contributed by atoms with Gasteiger partial charge in [-0.1, -0.05) is 42.5 Å². The lowest BCUT2D eigenvalue weighted by molar-refractivity contribution is -0.134. The van der Waals surface area contributed by atoms with E-state index in [9.17, 15) is 19.2 Å². The number of amides is 5. The first-order chi connectivity index (χ1) is 15.3. The molecule has 2 heterocycles. The molecule has 5 amide bonds. The summed E-state index contributed by atoms with van der Waals surface area (Å²) in [4.78, 5) is 53.7. The van der Waals surface area contributed by atoms with Crippen molar-refractivity contribution >= 4 is 35.1 Å². The summed E-state index contributed by atoms with van der Waals surface area (Å²) < 4.78 is 0. The second-order valence-corrected chi connectivity index (χ2v) is 8.52. The molecule has 32 heavy (non-hydrogen) atoms. The van der Waals surface area contributed by atoms with Gasteiger partial charge in [-0.05, 0) is 44.4 Å². The van der Waals surface area contributed by atoms with Crippen molar-refractivity contribution in [1.29, 1.82) is 0 Å². The maximum atomic E-state index is 13.3. The van der Waals surface area contributed by atoms with Crippen LogP contribution < -0.4 is 15.5 Å². The van der Waals surface area contributed by atoms with Crippen molar-refractivity contribution in [2.24, 2.45) is 0 Å². The number of nitrogens with zero attached hydrogens (tertiary/aromatic N) is 2. The highest BCUT2D eigenvalue weighted by Gasteiger charge is 2.48. The van der Waals surface area contributed by atoms with E-state index in [2.05, 4.69) is 10.6 Å². The highest BCUT2D eigenvalue weighted by molar-refractivity contribution is 6.11. The number of anilines is 2. The summed E-state index contributed by atoms with van der Waals surface area (Å²) in [6, 6.07) is 15.7. The fraction of sp³-hybridized carbons (Fsp3) is 0.333. The number of aryl methyl sites for hydroxylation is 1. The quantitative estimate of drug-likeness (QED) is 0.707. The molecule has 0 radical (unpaired) electrons. The second kappa shape index (κ2) is 8.45. The molecule has 1 saturated heterocycles. The number of hydrogen-bond donors (Lipinski definition) is 2. The van der Waals surface area contributed by atoms with Crippen molar-refractivity contribution in [2.75, 3.05) is 16.8 Å². The largest absolute Gasteiger partial charge is 0.325 e. The number of carbonyl (C=O) groups is 4. The van der Waals surface area contributed by atoms with Crippen LogP contribution in [0.3, 0.4) is 0 Å². The number of hydrogen-bond acceptors (Lipinski definition) is 4. The highest BCUT2D eigenvalue weighted by Crippen LogP contribution is 2.32. The predicted octanol–water partition coefficient (Wildman–Crippen LogP) is 2.69. The minimum Gasteiger partial charge on any atom is -0.324 e. The van der Waals surface area contributed by atoms with E-state index in [0.717, 1.165) is 10.5 Å². The SMILES string of the molecule is CC1CC(=O)Nc2ccccc2N1C(=O)CN1C(=O)NC(C)(CCc2ccccc2)C1=O. The van der Waals surface area contributed by atoms with Gasteiger partial charge in [-0.3, -0.25) is 19.3 Å². The summed E-state index contributed by atoms with van der Waals surface area (Å²) in [5.74, 6) is -1.03. The van der Waals surface area contributed by atoms with Gasteiger partial charge in [0.05, 0.1) is 11.4 Å². The van der Waals surface area contributed by atoms with Crippen LogP contribution in [0.25, 0.3) is 0 Å². The van der Waals surface area contributed by atoms with Gasteiger partial charge in [0.25, 0.3) is 5.91 Å². The van der Waals surface area contributed by atoms with Gasteiger partial charge in [0.2, 0.25) is 11.8 Å². The summed E-state index contributed by atoms with van der Waals surface area (Å²) in [5, 5.41) is 5.56. The Kier molecular flexibility index (Phi) is 5.69. The molecule has 1 fully saturated rings. The molecule has 166 valence electrons. The molecule has 8 heteroatoms. The molecule has 2 aromatic rings. The van der Waals surface area contributed by atoms with E-state index < -0.39 is 36.0 Å². The maximum absolute atomic E-state index is 13.3. The first kappa shape index (κ1) is 21.5. The Hall–Kier alpha value is -3.68. The molecule has 0 saturated carbocycles. The summed E-state index contributed by atoms with van der Waals surface area (Å²) in [7, 11) is 0. The van der Waals surface area contributed by atoms with Crippen LogP contribution in [-0.4, -0.2) is 46.8 Å². The Morgan fingerprint density at radius 2 is 1.75 bits per heavy atom. The summed E-state index contributed by atoms with van der Waals surface area (Å²) >= 11 is 0. The molecule has 4 rings (SSSR count). The second-order valence-electron chi connectivity index (χ2n) is 8.52. The Morgan fingerprint density at radius 3 is 2.50 bits per heavy atom. The Labute approximate surface area is 186 Å². The average Bonchev–Trinajstić information content (AvgIpc) is 2.89. The maximum Gasteiger partial charge on any atom is 0.325 e. The number of imide groups is 1. The number of benzene rings is 2. The standard InChI is InChI=1S/C24H26N4O4/c1-16-14-20(29)25-18-10-6-7-11-19(18)28(16)21(30)15-27-22(31)24(2,26-23(27)32)13-12-17-8-4-3-5-9-17/h3-11,16H,12-15H2,1-2H3,(H,25,29)(H,26,32). The minimum atomic E-state index is -1.08. The van der Waals surface area contributed by atoms with E-state index in [4.69, 9.17) is 0 Å². The zero-order valence-corrected chi connectivity index (χ0v) is 18.1. The molecule has 2 N–H and O–H groups in total. The first-order valence-corrected chi connectivity index (χ1v) is 10.7. The van der Waals surface area contributed by atoms with E-state index in [1.54, 1.807) is 38.1 Å². The molecule has 0 aromatic heterocycles.